The van der Waals surface area contributed by atoms with Crippen LogP contribution in [0.4, 0.5) is 14.5 Å². The molecule has 0 aromatic heterocycles. The second-order valence-electron chi connectivity index (χ2n) is 5.23. The van der Waals surface area contributed by atoms with Crippen molar-refractivity contribution in [3.63, 3.8) is 0 Å². The van der Waals surface area contributed by atoms with Crippen LogP contribution in [0.1, 0.15) is 27.1 Å². The Morgan fingerprint density at radius 1 is 1.04 bits per heavy atom. The molecule has 2 aromatic carbocycles. The number of nitrogens with zero attached hydrogens (tertiary/aromatic N) is 1. The normalized spacial score (nSPS) is 13.2. The van der Waals surface area contributed by atoms with E-state index in [0.717, 1.165) is 17.0 Å². The number of nitrogens with one attached hydrogen (secondary N) is 1. The third-order valence-electron chi connectivity index (χ3n) is 3.62. The Morgan fingerprint density at radius 3 is 2.50 bits per heavy atom. The highest BCUT2D eigenvalue weighted by molar-refractivity contribution is 6.21. The summed E-state index contributed by atoms with van der Waals surface area (Å²) < 4.78 is 26.8. The average molecular weight is 330 g/mol. The second-order valence-corrected chi connectivity index (χ2v) is 5.23. The summed E-state index contributed by atoms with van der Waals surface area (Å²) in [6, 6.07) is 9.16. The molecule has 24 heavy (non-hydrogen) atoms. The molecule has 2 aromatic rings. The van der Waals surface area contributed by atoms with Crippen molar-refractivity contribution in [1.29, 1.82) is 0 Å². The van der Waals surface area contributed by atoms with Crippen molar-refractivity contribution in [2.45, 2.75) is 6.42 Å². The molecule has 0 spiro atoms. The van der Waals surface area contributed by atoms with Crippen LogP contribution in [0.15, 0.2) is 42.5 Å². The van der Waals surface area contributed by atoms with Gasteiger partial charge >= 0.3 is 0 Å². The third-order valence-corrected chi connectivity index (χ3v) is 3.62. The molecule has 0 fully saturated rings. The molecule has 0 radical (unpaired) electrons. The van der Waals surface area contributed by atoms with Gasteiger partial charge in [0, 0.05) is 18.7 Å². The van der Waals surface area contributed by atoms with Gasteiger partial charge in [-0.05, 0) is 30.3 Å². The van der Waals surface area contributed by atoms with Crippen molar-refractivity contribution in [3.05, 3.63) is 65.2 Å². The van der Waals surface area contributed by atoms with Gasteiger partial charge in [0.15, 0.2) is 0 Å². The first-order valence-electron chi connectivity index (χ1n) is 7.17. The SMILES string of the molecule is O=C(CCN1C(=O)c2cccc(F)c2C1=O)Nc1cccc(F)c1. The number of hydrogen-bond donors (Lipinski definition) is 1. The van der Waals surface area contributed by atoms with E-state index in [4.69, 9.17) is 0 Å². The minimum Gasteiger partial charge on any atom is -0.326 e. The highest BCUT2D eigenvalue weighted by atomic mass is 19.1. The Hall–Kier alpha value is -3.09. The molecule has 0 saturated carbocycles. The van der Waals surface area contributed by atoms with E-state index in [1.165, 1.54) is 30.3 Å². The largest absolute Gasteiger partial charge is 0.326 e. The lowest BCUT2D eigenvalue weighted by atomic mass is 10.1. The van der Waals surface area contributed by atoms with Crippen molar-refractivity contribution in [3.8, 4) is 0 Å². The van der Waals surface area contributed by atoms with E-state index >= 15 is 0 Å². The molecular formula is C17H12F2N2O3. The molecule has 1 N–H and O–H groups in total. The van der Waals surface area contributed by atoms with E-state index < -0.39 is 29.4 Å². The Morgan fingerprint density at radius 2 is 1.79 bits per heavy atom. The van der Waals surface area contributed by atoms with E-state index in [0.29, 0.717) is 0 Å². The van der Waals surface area contributed by atoms with Gasteiger partial charge in [-0.15, -0.1) is 0 Å². The standard InChI is InChI=1S/C17H12F2N2O3/c18-10-3-1-4-11(9-10)20-14(22)7-8-21-16(23)12-5-2-6-13(19)15(12)17(21)24/h1-6,9H,7-8H2,(H,20,22). The van der Waals surface area contributed by atoms with Gasteiger partial charge in [0.05, 0.1) is 11.1 Å². The molecule has 1 heterocycles. The minimum atomic E-state index is -0.766. The van der Waals surface area contributed by atoms with Crippen LogP contribution in [-0.2, 0) is 4.79 Å². The number of halogens is 2. The predicted octanol–water partition coefficient (Wildman–Crippen LogP) is 2.59. The number of carbonyl (C=O) groups is 3. The van der Waals surface area contributed by atoms with Crippen LogP contribution in [0.2, 0.25) is 0 Å². The van der Waals surface area contributed by atoms with Gasteiger partial charge in [-0.1, -0.05) is 12.1 Å². The predicted molar refractivity (Wildman–Crippen MR) is 81.4 cm³/mol. The molecule has 3 rings (SSSR count). The van der Waals surface area contributed by atoms with Gasteiger partial charge in [0.2, 0.25) is 5.91 Å². The van der Waals surface area contributed by atoms with Gasteiger partial charge in [0.1, 0.15) is 11.6 Å². The lowest BCUT2D eigenvalue weighted by Crippen LogP contribution is -2.33. The Bertz CT molecular complexity index is 851. The maximum absolute atomic E-state index is 13.7. The molecule has 0 bridgehead atoms. The zero-order valence-electron chi connectivity index (χ0n) is 12.4. The summed E-state index contributed by atoms with van der Waals surface area (Å²) in [5, 5.41) is 2.47. The molecule has 122 valence electrons. The number of imide groups is 1. The first kappa shape index (κ1) is 15.8. The fourth-order valence-electron chi connectivity index (χ4n) is 2.50. The molecule has 0 aliphatic carbocycles. The first-order chi connectivity index (χ1) is 11.5. The molecule has 1 aliphatic heterocycles. The molecule has 0 atom stereocenters. The summed E-state index contributed by atoms with van der Waals surface area (Å²) in [7, 11) is 0. The number of hydrogen-bond acceptors (Lipinski definition) is 3. The summed E-state index contributed by atoms with van der Waals surface area (Å²) in [6.45, 7) is -0.188. The van der Waals surface area contributed by atoms with Crippen molar-refractivity contribution in [2.24, 2.45) is 0 Å². The number of amides is 3. The smallest absolute Gasteiger partial charge is 0.264 e. The van der Waals surface area contributed by atoms with Crippen LogP contribution in [0, 0.1) is 11.6 Å². The van der Waals surface area contributed by atoms with E-state index in [1.54, 1.807) is 0 Å². The summed E-state index contributed by atoms with van der Waals surface area (Å²) in [5.41, 5.74) is -0.00742. The van der Waals surface area contributed by atoms with Gasteiger partial charge in [-0.25, -0.2) is 8.78 Å². The lowest BCUT2D eigenvalue weighted by molar-refractivity contribution is -0.116. The maximum Gasteiger partial charge on any atom is 0.264 e. The number of benzene rings is 2. The summed E-state index contributed by atoms with van der Waals surface area (Å²) in [4.78, 5) is 37.0. The number of fused-ring (bicyclic) bond motifs is 1. The van der Waals surface area contributed by atoms with Crippen molar-refractivity contribution < 1.29 is 23.2 Å². The molecule has 3 amide bonds. The number of carbonyl (C=O) groups excluding carboxylic acids is 3. The number of rotatable bonds is 4. The third kappa shape index (κ3) is 2.88. The fraction of sp³-hybridized carbons (Fsp3) is 0.118. The zero-order chi connectivity index (χ0) is 17.3. The highest BCUT2D eigenvalue weighted by Crippen LogP contribution is 2.25. The Labute approximate surface area is 135 Å². The van der Waals surface area contributed by atoms with E-state index in [9.17, 15) is 23.2 Å². The van der Waals surface area contributed by atoms with Gasteiger partial charge in [0.25, 0.3) is 11.8 Å². The minimum absolute atomic E-state index is 0.00876. The van der Waals surface area contributed by atoms with Crippen LogP contribution in [0.5, 0.6) is 0 Å². The molecular weight excluding hydrogens is 318 g/mol. The van der Waals surface area contributed by atoms with Crippen molar-refractivity contribution >= 4 is 23.4 Å². The molecule has 5 nitrogen and oxygen atoms in total. The van der Waals surface area contributed by atoms with Gasteiger partial charge in [-0.2, -0.15) is 0 Å². The second kappa shape index (κ2) is 6.19. The topological polar surface area (TPSA) is 66.5 Å². The van der Waals surface area contributed by atoms with E-state index in [1.807, 2.05) is 0 Å². The summed E-state index contributed by atoms with van der Waals surface area (Å²) >= 11 is 0. The molecule has 1 aliphatic rings. The van der Waals surface area contributed by atoms with Crippen LogP contribution in [0.3, 0.4) is 0 Å². The van der Waals surface area contributed by atoms with Crippen LogP contribution in [-0.4, -0.2) is 29.2 Å². The molecule has 0 saturated heterocycles. The van der Waals surface area contributed by atoms with Crippen LogP contribution in [0.25, 0.3) is 0 Å². The Balaban J connectivity index is 1.65. The fourth-order valence-corrected chi connectivity index (χ4v) is 2.50. The van der Waals surface area contributed by atoms with Gasteiger partial charge in [-0.3, -0.25) is 19.3 Å². The van der Waals surface area contributed by atoms with Crippen LogP contribution < -0.4 is 5.32 Å². The number of anilines is 1. The first-order valence-corrected chi connectivity index (χ1v) is 7.17. The van der Waals surface area contributed by atoms with Crippen molar-refractivity contribution in [1.82, 2.24) is 4.90 Å². The van der Waals surface area contributed by atoms with Gasteiger partial charge < -0.3 is 5.32 Å². The van der Waals surface area contributed by atoms with E-state index in [-0.39, 0.29) is 29.8 Å². The maximum atomic E-state index is 13.7. The quantitative estimate of drug-likeness (QED) is 0.876. The summed E-state index contributed by atoms with van der Waals surface area (Å²) in [6.07, 6.45) is -0.177. The monoisotopic (exact) mass is 330 g/mol. The molecule has 0 unspecified atom stereocenters. The summed E-state index contributed by atoms with van der Waals surface area (Å²) in [5.74, 6) is -3.14. The highest BCUT2D eigenvalue weighted by Gasteiger charge is 2.37. The van der Waals surface area contributed by atoms with Crippen LogP contribution >= 0.6 is 0 Å². The zero-order valence-corrected chi connectivity index (χ0v) is 12.4. The average Bonchev–Trinajstić information content (AvgIpc) is 2.78. The Kier molecular flexibility index (Phi) is 4.07. The lowest BCUT2D eigenvalue weighted by Gasteiger charge is -2.13. The van der Waals surface area contributed by atoms with Crippen molar-refractivity contribution in [2.75, 3.05) is 11.9 Å². The van der Waals surface area contributed by atoms with E-state index in [2.05, 4.69) is 5.32 Å². The molecule has 7 heteroatoms.